The van der Waals surface area contributed by atoms with Crippen LogP contribution in [0.2, 0.25) is 0 Å². The fraction of sp³-hybridized carbons (Fsp3) is 0.731. The van der Waals surface area contributed by atoms with Crippen LogP contribution < -0.4 is 10.2 Å². The number of carbonyl (C=O) groups excluding carboxylic acids is 3. The van der Waals surface area contributed by atoms with Crippen molar-refractivity contribution in [2.75, 3.05) is 13.2 Å². The monoisotopic (exact) mass is 592 g/mol. The molecule has 0 aliphatic carbocycles. The van der Waals surface area contributed by atoms with E-state index in [0.717, 1.165) is 25.7 Å². The zero-order valence-corrected chi connectivity index (χ0v) is 24.6. The molecule has 1 N–H and O–H groups in total. The van der Waals surface area contributed by atoms with E-state index >= 15 is 0 Å². The molecule has 4 radical (unpaired) electrons. The molecule has 0 saturated carbocycles. The Labute approximate surface area is 225 Å². The van der Waals surface area contributed by atoms with Crippen molar-refractivity contribution in [1.29, 1.82) is 0 Å². The number of ether oxygens (including phenoxy) is 1. The summed E-state index contributed by atoms with van der Waals surface area (Å²) < 4.78 is 4.27. The molecule has 0 amide bonds. The molecule has 0 heterocycles. The number of unbranched alkanes of at least 4 members (excludes halogenated alkanes) is 10. The van der Waals surface area contributed by atoms with Crippen LogP contribution in [-0.2, 0) is 19.1 Å². The summed E-state index contributed by atoms with van der Waals surface area (Å²) in [6, 6.07) is 0. The van der Waals surface area contributed by atoms with Crippen molar-refractivity contribution in [2.45, 2.75) is 111 Å². The normalized spacial score (nSPS) is 9.24. The standard InChI is InChI=1S/C12H24O2.C6H8O5.2C4H9.Sn/c1-2-3-4-5-6-7-8-9-10-11-12(13)14;7-3-4-11-6(10)2-1-5(8)9;2*1-3-4-2;/h2-11H2,1H3,(H,13,14);1-2,7H,3-4H2,(H,8,9);2*1,3-4H2,2H3;/q;;;;+2/p-2/b;2-1+;;;. The van der Waals surface area contributed by atoms with Crippen LogP contribution in [0.5, 0.6) is 0 Å². The van der Waals surface area contributed by atoms with Crippen LogP contribution in [0.15, 0.2) is 12.2 Å². The van der Waals surface area contributed by atoms with Gasteiger partial charge in [0.15, 0.2) is 0 Å². The van der Waals surface area contributed by atoms with E-state index in [1.54, 1.807) is 0 Å². The average molecular weight is 591 g/mol. The number of esters is 1. The molecule has 34 heavy (non-hydrogen) atoms. The number of carboxylic acid groups (broad SMARTS) is 2. The van der Waals surface area contributed by atoms with E-state index in [1.165, 1.54) is 57.8 Å². The predicted molar refractivity (Wildman–Crippen MR) is 135 cm³/mol. The van der Waals surface area contributed by atoms with Gasteiger partial charge in [-0.05, 0) is 18.9 Å². The van der Waals surface area contributed by atoms with E-state index in [-0.39, 0.29) is 43.5 Å². The van der Waals surface area contributed by atoms with Crippen molar-refractivity contribution in [3.8, 4) is 0 Å². The fourth-order valence-corrected chi connectivity index (χ4v) is 1.91. The average Bonchev–Trinajstić information content (AvgIpc) is 2.80. The minimum absolute atomic E-state index is 0. The third-order valence-electron chi connectivity index (χ3n) is 3.88. The van der Waals surface area contributed by atoms with Crippen LogP contribution in [0, 0.1) is 13.8 Å². The van der Waals surface area contributed by atoms with E-state index in [1.807, 2.05) is 0 Å². The van der Waals surface area contributed by atoms with Crippen molar-refractivity contribution < 1.29 is 34.4 Å². The molecular weight excluding hydrogens is 543 g/mol. The molecule has 198 valence electrons. The Balaban J connectivity index is -0.000000124. The minimum Gasteiger partial charge on any atom is -0.550 e. The Hall–Kier alpha value is -1.09. The topological polar surface area (TPSA) is 127 Å². The van der Waals surface area contributed by atoms with Crippen LogP contribution in [0.3, 0.4) is 0 Å². The van der Waals surface area contributed by atoms with Gasteiger partial charge in [-0.2, -0.15) is 0 Å². The number of rotatable bonds is 16. The summed E-state index contributed by atoms with van der Waals surface area (Å²) in [5.41, 5.74) is 0. The van der Waals surface area contributed by atoms with Gasteiger partial charge in [0.2, 0.25) is 0 Å². The van der Waals surface area contributed by atoms with Crippen LogP contribution in [0.25, 0.3) is 0 Å². The van der Waals surface area contributed by atoms with Crippen LogP contribution in [0.1, 0.15) is 111 Å². The number of aliphatic hydroxyl groups excluding tert-OH is 1. The summed E-state index contributed by atoms with van der Waals surface area (Å²) in [5, 5.41) is 28.0. The number of hydrogen-bond acceptors (Lipinski definition) is 7. The smallest absolute Gasteiger partial charge is 0.550 e. The first-order chi connectivity index (χ1) is 15.8. The van der Waals surface area contributed by atoms with E-state index < -0.39 is 17.9 Å². The maximum absolute atomic E-state index is 10.4. The fourth-order valence-electron chi connectivity index (χ4n) is 1.91. The first-order valence-corrected chi connectivity index (χ1v) is 12.2. The van der Waals surface area contributed by atoms with E-state index in [9.17, 15) is 24.6 Å². The molecule has 0 unspecified atom stereocenters. The second-order valence-corrected chi connectivity index (χ2v) is 7.20. The quantitative estimate of drug-likeness (QED) is 0.126. The Morgan fingerprint density at radius 3 is 1.50 bits per heavy atom. The van der Waals surface area contributed by atoms with E-state index in [4.69, 9.17) is 5.11 Å². The van der Waals surface area contributed by atoms with Gasteiger partial charge in [0.25, 0.3) is 0 Å². The molecule has 7 nitrogen and oxygen atoms in total. The summed E-state index contributed by atoms with van der Waals surface area (Å²) in [5.74, 6) is -3.19. The molecule has 0 aromatic carbocycles. The molecule has 0 rings (SSSR count). The van der Waals surface area contributed by atoms with Gasteiger partial charge in [-0.15, -0.1) is 0 Å². The number of carboxylic acids is 2. The molecule has 0 aliphatic heterocycles. The molecule has 0 fully saturated rings. The van der Waals surface area contributed by atoms with Crippen molar-refractivity contribution >= 4 is 41.8 Å². The Kier molecular flexibility index (Phi) is 53.3. The molecule has 0 atom stereocenters. The van der Waals surface area contributed by atoms with Crippen molar-refractivity contribution in [2.24, 2.45) is 0 Å². The molecule has 0 aromatic heterocycles. The first-order valence-electron chi connectivity index (χ1n) is 12.2. The SMILES string of the molecule is CCCCCCCCCCCC(=O)[O-].O=C([O-])/C=C/C(=O)OCCO.[CH2]CCC.[CH2]CCC.[Sn+2]. The largest absolute Gasteiger partial charge is 2.00 e. The zero-order valence-electron chi connectivity index (χ0n) is 21.8. The Bertz CT molecular complexity index is 433. The first kappa shape index (κ1) is 43.0. The zero-order chi connectivity index (χ0) is 26.2. The maximum atomic E-state index is 10.4. The molecule has 0 bridgehead atoms. The molecule has 0 aromatic rings. The van der Waals surface area contributed by atoms with Crippen molar-refractivity contribution in [3.05, 3.63) is 26.0 Å². The van der Waals surface area contributed by atoms with Gasteiger partial charge in [0, 0.05) is 12.0 Å². The van der Waals surface area contributed by atoms with Gasteiger partial charge in [0.1, 0.15) is 6.61 Å². The third-order valence-corrected chi connectivity index (χ3v) is 3.88. The van der Waals surface area contributed by atoms with Gasteiger partial charge in [-0.25, -0.2) is 4.79 Å². The maximum Gasteiger partial charge on any atom is 2.00 e. The number of carbonyl (C=O) groups is 3. The second-order valence-electron chi connectivity index (χ2n) is 7.20. The van der Waals surface area contributed by atoms with Crippen LogP contribution >= 0.6 is 0 Å². The van der Waals surface area contributed by atoms with Crippen LogP contribution in [0.4, 0.5) is 0 Å². The molecule has 0 saturated heterocycles. The molecular formula is C26H48O7Sn. The van der Waals surface area contributed by atoms with E-state index in [2.05, 4.69) is 39.4 Å². The summed E-state index contributed by atoms with van der Waals surface area (Å²) in [6.07, 6.45) is 17.0. The predicted octanol–water partition coefficient (Wildman–Crippen LogP) is 3.35. The summed E-state index contributed by atoms with van der Waals surface area (Å²) in [4.78, 5) is 30.2. The Morgan fingerprint density at radius 2 is 1.18 bits per heavy atom. The Morgan fingerprint density at radius 1 is 0.765 bits per heavy atom. The number of aliphatic hydroxyl groups is 1. The number of hydrogen-bond donors (Lipinski definition) is 1. The molecule has 8 heteroatoms. The van der Waals surface area contributed by atoms with Gasteiger partial charge < -0.3 is 29.6 Å². The van der Waals surface area contributed by atoms with Gasteiger partial charge in [-0.1, -0.05) is 112 Å². The molecule has 0 aliphatic rings. The van der Waals surface area contributed by atoms with Gasteiger partial charge >= 0.3 is 29.9 Å². The second kappa shape index (κ2) is 42.1. The van der Waals surface area contributed by atoms with Crippen molar-refractivity contribution in [3.63, 3.8) is 0 Å². The minimum atomic E-state index is -1.47. The summed E-state index contributed by atoms with van der Waals surface area (Å²) in [6.45, 7) is 13.2. The summed E-state index contributed by atoms with van der Waals surface area (Å²) in [7, 11) is 0. The van der Waals surface area contributed by atoms with Gasteiger partial charge in [-0.3, -0.25) is 0 Å². The third kappa shape index (κ3) is 63.2. The van der Waals surface area contributed by atoms with Gasteiger partial charge in [0.05, 0.1) is 12.6 Å². The molecule has 0 spiro atoms. The van der Waals surface area contributed by atoms with Crippen LogP contribution in [-0.4, -0.2) is 60.1 Å². The summed E-state index contributed by atoms with van der Waals surface area (Å²) >= 11 is 0. The van der Waals surface area contributed by atoms with Crippen molar-refractivity contribution in [1.82, 2.24) is 0 Å². The van der Waals surface area contributed by atoms with E-state index in [0.29, 0.717) is 12.2 Å². The number of aliphatic carboxylic acids is 2.